The van der Waals surface area contributed by atoms with Gasteiger partial charge < -0.3 is 19.8 Å². The Morgan fingerprint density at radius 3 is 2.65 bits per heavy atom. The van der Waals surface area contributed by atoms with Crippen LogP contribution >= 0.6 is 0 Å². The summed E-state index contributed by atoms with van der Waals surface area (Å²) in [5.41, 5.74) is 6.44. The summed E-state index contributed by atoms with van der Waals surface area (Å²) in [6.45, 7) is 5.57. The quantitative estimate of drug-likeness (QED) is 0.583. The molecule has 2 aliphatic rings. The van der Waals surface area contributed by atoms with Crippen LogP contribution in [0.4, 0.5) is 5.69 Å². The molecule has 1 aromatic carbocycles. The first kappa shape index (κ1) is 24.7. The Kier molecular flexibility index (Phi) is 8.24. The fourth-order valence-corrected chi connectivity index (χ4v) is 5.52. The molecule has 2 aromatic rings. The molecule has 1 aliphatic heterocycles. The monoisotopic (exact) mass is 465 g/mol. The van der Waals surface area contributed by atoms with Gasteiger partial charge in [-0.1, -0.05) is 24.3 Å². The predicted octanol–water partition coefficient (Wildman–Crippen LogP) is 4.35. The summed E-state index contributed by atoms with van der Waals surface area (Å²) in [4.78, 5) is 7.04. The van der Waals surface area contributed by atoms with Gasteiger partial charge in [0.15, 0.2) is 0 Å². The largest absolute Gasteiger partial charge is 0.481 e. The third kappa shape index (κ3) is 5.45. The van der Waals surface area contributed by atoms with Crippen molar-refractivity contribution in [1.82, 2.24) is 10.3 Å². The number of allylic oxidation sites excluding steroid dienone is 2. The average Bonchev–Trinajstić information content (AvgIpc) is 2.84. The molecule has 34 heavy (non-hydrogen) atoms. The van der Waals surface area contributed by atoms with Crippen LogP contribution in [0.3, 0.4) is 0 Å². The number of ether oxygens (including phenoxy) is 1. The van der Waals surface area contributed by atoms with Crippen LogP contribution in [-0.4, -0.2) is 41.0 Å². The Balaban J connectivity index is 1.67. The van der Waals surface area contributed by atoms with Gasteiger partial charge in [-0.25, -0.2) is 4.98 Å². The van der Waals surface area contributed by atoms with Gasteiger partial charge in [0.1, 0.15) is 6.23 Å². The molecule has 2 heterocycles. The van der Waals surface area contributed by atoms with Crippen molar-refractivity contribution in [2.75, 3.05) is 18.6 Å². The minimum atomic E-state index is -0.798. The summed E-state index contributed by atoms with van der Waals surface area (Å²) in [6, 6.07) is 8.80. The molecule has 0 radical (unpaired) electrons. The molecule has 1 aromatic heterocycles. The number of nitrogens with zero attached hydrogens (tertiary/aromatic N) is 2. The molecule has 4 rings (SSSR count). The lowest BCUT2D eigenvalue weighted by Crippen LogP contribution is -2.39. The van der Waals surface area contributed by atoms with Crippen molar-refractivity contribution in [2.45, 2.75) is 83.7 Å². The van der Waals surface area contributed by atoms with Crippen LogP contribution in [0.25, 0.3) is 0 Å². The highest BCUT2D eigenvalue weighted by Gasteiger charge is 2.27. The lowest BCUT2D eigenvalue weighted by molar-refractivity contribution is 0.121. The van der Waals surface area contributed by atoms with E-state index in [1.54, 1.807) is 7.11 Å². The molecule has 0 amide bonds. The van der Waals surface area contributed by atoms with Gasteiger partial charge in [-0.3, -0.25) is 5.32 Å². The van der Waals surface area contributed by atoms with E-state index >= 15 is 0 Å². The van der Waals surface area contributed by atoms with Crippen molar-refractivity contribution in [3.63, 3.8) is 0 Å². The highest BCUT2D eigenvalue weighted by molar-refractivity contribution is 5.59. The first-order chi connectivity index (χ1) is 16.5. The fourth-order valence-electron chi connectivity index (χ4n) is 5.52. The number of methoxy groups -OCH3 is 1. The lowest BCUT2D eigenvalue weighted by atomic mass is 9.90. The van der Waals surface area contributed by atoms with E-state index < -0.39 is 6.23 Å². The Morgan fingerprint density at radius 1 is 1.12 bits per heavy atom. The number of aliphatic hydroxyl groups is 2. The average molecular weight is 466 g/mol. The van der Waals surface area contributed by atoms with E-state index in [-0.39, 0.29) is 6.10 Å². The summed E-state index contributed by atoms with van der Waals surface area (Å²) >= 11 is 0. The summed E-state index contributed by atoms with van der Waals surface area (Å²) < 4.78 is 5.59. The van der Waals surface area contributed by atoms with Gasteiger partial charge >= 0.3 is 0 Å². The van der Waals surface area contributed by atoms with E-state index in [1.807, 2.05) is 13.0 Å². The van der Waals surface area contributed by atoms with E-state index in [1.165, 1.54) is 16.8 Å². The molecule has 1 fully saturated rings. The number of aliphatic hydroxyl groups excluding tert-OH is 2. The number of pyridine rings is 1. The van der Waals surface area contributed by atoms with E-state index in [0.717, 1.165) is 68.3 Å². The van der Waals surface area contributed by atoms with Crippen LogP contribution < -0.4 is 15.0 Å². The molecule has 1 atom stereocenters. The molecule has 0 spiro atoms. The number of aryl methyl sites for hydroxylation is 2. The van der Waals surface area contributed by atoms with Crippen LogP contribution in [0.5, 0.6) is 5.88 Å². The molecule has 3 N–H and O–H groups in total. The molecule has 6 heteroatoms. The highest BCUT2D eigenvalue weighted by Crippen LogP contribution is 2.34. The molecule has 1 unspecified atom stereocenters. The molecule has 0 bridgehead atoms. The Labute approximate surface area is 203 Å². The molecular formula is C28H39N3O3. The normalized spacial score (nSPS) is 23.3. The van der Waals surface area contributed by atoms with Crippen LogP contribution in [-0.2, 0) is 19.4 Å². The number of fused-ring (bicyclic) bond motifs is 2. The second kappa shape index (κ2) is 11.3. The van der Waals surface area contributed by atoms with Gasteiger partial charge in [0.25, 0.3) is 0 Å². The van der Waals surface area contributed by atoms with Crippen LogP contribution in [0.15, 0.2) is 36.4 Å². The van der Waals surface area contributed by atoms with Crippen molar-refractivity contribution in [3.05, 3.63) is 64.4 Å². The molecule has 184 valence electrons. The predicted molar refractivity (Wildman–Crippen MR) is 136 cm³/mol. The first-order valence-electron chi connectivity index (χ1n) is 12.7. The van der Waals surface area contributed by atoms with Crippen molar-refractivity contribution in [2.24, 2.45) is 0 Å². The minimum Gasteiger partial charge on any atom is -0.481 e. The van der Waals surface area contributed by atoms with Gasteiger partial charge in [-0.05, 0) is 82.1 Å². The molecule has 1 saturated carbocycles. The van der Waals surface area contributed by atoms with Gasteiger partial charge in [-0.2, -0.15) is 0 Å². The maximum Gasteiger partial charge on any atom is 0.218 e. The SMILES string of the molecule is CCN(c1cccc2c1CC=CCCc1cc(C)nc(OC)c1CNC2O)C1CCC(O)CC1. The van der Waals surface area contributed by atoms with Gasteiger partial charge in [-0.15, -0.1) is 0 Å². The third-order valence-electron chi connectivity index (χ3n) is 7.28. The number of anilines is 1. The van der Waals surface area contributed by atoms with Crippen molar-refractivity contribution in [3.8, 4) is 5.88 Å². The summed E-state index contributed by atoms with van der Waals surface area (Å²) in [7, 11) is 1.65. The molecule has 6 nitrogen and oxygen atoms in total. The Hall–Kier alpha value is -2.41. The minimum absolute atomic E-state index is 0.168. The zero-order valence-corrected chi connectivity index (χ0v) is 20.8. The second-order valence-electron chi connectivity index (χ2n) is 9.50. The molecular weight excluding hydrogens is 426 g/mol. The van der Waals surface area contributed by atoms with Crippen molar-refractivity contribution < 1.29 is 14.9 Å². The maximum absolute atomic E-state index is 11.3. The topological polar surface area (TPSA) is 77.9 Å². The van der Waals surface area contributed by atoms with Gasteiger partial charge in [0.2, 0.25) is 5.88 Å². The number of hydrogen-bond acceptors (Lipinski definition) is 6. The standard InChI is InChI=1S/C28H39N3O3/c1-4-31(21-13-15-22(32)16-14-21)26-12-8-11-24-23(26)10-7-5-6-9-20-17-19(2)30-28(34-3)25(20)18-29-27(24)33/h5,7-8,11-12,17,21-22,27,29,32-33H,4,6,9-10,13-16,18H2,1-3H3. The number of nitrogens with one attached hydrogen (secondary N) is 1. The summed E-state index contributed by atoms with van der Waals surface area (Å²) in [5.74, 6) is 0.626. The molecule has 0 saturated heterocycles. The maximum atomic E-state index is 11.3. The van der Waals surface area contributed by atoms with Gasteiger partial charge in [0, 0.05) is 41.6 Å². The summed E-state index contributed by atoms with van der Waals surface area (Å²) in [5, 5.41) is 24.6. The van der Waals surface area contributed by atoms with Crippen LogP contribution in [0, 0.1) is 6.92 Å². The number of benzene rings is 1. The summed E-state index contributed by atoms with van der Waals surface area (Å²) in [6.07, 6.45) is 9.86. The lowest BCUT2D eigenvalue weighted by Gasteiger charge is -2.38. The zero-order chi connectivity index (χ0) is 24.1. The Morgan fingerprint density at radius 2 is 1.91 bits per heavy atom. The molecule has 1 aliphatic carbocycles. The van der Waals surface area contributed by atoms with Crippen LogP contribution in [0.1, 0.15) is 73.2 Å². The highest BCUT2D eigenvalue weighted by atomic mass is 16.5. The second-order valence-corrected chi connectivity index (χ2v) is 9.50. The van der Waals surface area contributed by atoms with E-state index in [4.69, 9.17) is 4.74 Å². The van der Waals surface area contributed by atoms with E-state index in [9.17, 15) is 10.2 Å². The number of aromatic nitrogens is 1. The third-order valence-corrected chi connectivity index (χ3v) is 7.28. The van der Waals surface area contributed by atoms with Crippen LogP contribution in [0.2, 0.25) is 0 Å². The van der Waals surface area contributed by atoms with Crippen molar-refractivity contribution >= 4 is 5.69 Å². The van der Waals surface area contributed by atoms with Crippen molar-refractivity contribution in [1.29, 1.82) is 0 Å². The zero-order valence-electron chi connectivity index (χ0n) is 20.8. The van der Waals surface area contributed by atoms with E-state index in [0.29, 0.717) is 18.5 Å². The van der Waals surface area contributed by atoms with E-state index in [2.05, 4.69) is 52.5 Å². The van der Waals surface area contributed by atoms with Gasteiger partial charge in [0.05, 0.1) is 13.2 Å². The smallest absolute Gasteiger partial charge is 0.218 e. The number of rotatable bonds is 4. The number of hydrogen-bond donors (Lipinski definition) is 3. The first-order valence-corrected chi connectivity index (χ1v) is 12.7. The fraction of sp³-hybridized carbons (Fsp3) is 0.536. The Bertz CT molecular complexity index is 999.